The number of carbonyl (C=O) groups excluding carboxylic acids is 1. The van der Waals surface area contributed by atoms with Crippen molar-refractivity contribution in [3.05, 3.63) is 42.2 Å². The van der Waals surface area contributed by atoms with Gasteiger partial charge in [-0.1, -0.05) is 6.07 Å². The highest BCUT2D eigenvalue weighted by Crippen LogP contribution is 2.22. The van der Waals surface area contributed by atoms with Gasteiger partial charge < -0.3 is 9.88 Å². The Balaban J connectivity index is 1.78. The summed E-state index contributed by atoms with van der Waals surface area (Å²) in [6, 6.07) is 8.56. The van der Waals surface area contributed by atoms with Crippen molar-refractivity contribution in [1.82, 2.24) is 9.88 Å². The summed E-state index contributed by atoms with van der Waals surface area (Å²) in [7, 11) is -3.74. The zero-order chi connectivity index (χ0) is 17.2. The van der Waals surface area contributed by atoms with Gasteiger partial charge in [-0.2, -0.15) is 0 Å². The molecule has 6 nitrogen and oxygen atoms in total. The molecule has 2 aromatic rings. The van der Waals surface area contributed by atoms with Crippen molar-refractivity contribution in [1.29, 1.82) is 0 Å². The van der Waals surface area contributed by atoms with Crippen molar-refractivity contribution in [3.8, 4) is 0 Å². The highest BCUT2D eigenvalue weighted by molar-refractivity contribution is 7.98. The minimum Gasteiger partial charge on any atom is -0.356 e. The summed E-state index contributed by atoms with van der Waals surface area (Å²) in [4.78, 5) is 17.8. The molecule has 0 aliphatic carbocycles. The number of anilines is 1. The number of hydrogen-bond acceptors (Lipinski definition) is 4. The van der Waals surface area contributed by atoms with Gasteiger partial charge in [-0.25, -0.2) is 8.42 Å². The predicted molar refractivity (Wildman–Crippen MR) is 95.0 cm³/mol. The first-order valence-electron chi connectivity index (χ1n) is 7.64. The van der Waals surface area contributed by atoms with Crippen LogP contribution in [0.25, 0.3) is 0 Å². The Morgan fingerprint density at radius 3 is 2.71 bits per heavy atom. The van der Waals surface area contributed by atoms with Crippen LogP contribution in [0.15, 0.2) is 46.3 Å². The van der Waals surface area contributed by atoms with E-state index in [2.05, 4.69) is 9.71 Å². The SMILES string of the molecule is CSc1cccc(NS(=O)(=O)c2c[nH]c(C(=O)N3CCCC3)c2)c1. The smallest absolute Gasteiger partial charge is 0.270 e. The van der Waals surface area contributed by atoms with Gasteiger partial charge in [0, 0.05) is 29.9 Å². The van der Waals surface area contributed by atoms with Crippen molar-refractivity contribution in [2.75, 3.05) is 24.1 Å². The topological polar surface area (TPSA) is 82.3 Å². The van der Waals surface area contributed by atoms with Crippen LogP contribution in [-0.4, -0.2) is 43.6 Å². The number of sulfonamides is 1. The standard InChI is InChI=1S/C16H19N3O3S2/c1-23-13-6-4-5-12(9-13)18-24(21,22)14-10-15(17-11-14)16(20)19-7-2-3-8-19/h4-6,9-11,17-18H,2-3,7-8H2,1H3. The first-order valence-corrected chi connectivity index (χ1v) is 10.3. The Morgan fingerprint density at radius 2 is 2.00 bits per heavy atom. The quantitative estimate of drug-likeness (QED) is 0.798. The van der Waals surface area contributed by atoms with E-state index in [0.717, 1.165) is 30.8 Å². The summed E-state index contributed by atoms with van der Waals surface area (Å²) >= 11 is 1.54. The third-order valence-corrected chi connectivity index (χ3v) is 6.00. The molecule has 0 atom stereocenters. The number of carbonyl (C=O) groups is 1. The predicted octanol–water partition coefficient (Wildman–Crippen LogP) is 2.77. The molecule has 3 rings (SSSR count). The van der Waals surface area contributed by atoms with Crippen molar-refractivity contribution >= 4 is 33.4 Å². The Kier molecular flexibility index (Phi) is 4.86. The van der Waals surface area contributed by atoms with Crippen LogP contribution < -0.4 is 4.72 Å². The lowest BCUT2D eigenvalue weighted by Crippen LogP contribution is -2.27. The van der Waals surface area contributed by atoms with Crippen molar-refractivity contribution < 1.29 is 13.2 Å². The maximum atomic E-state index is 12.5. The fraction of sp³-hybridized carbons (Fsp3) is 0.312. The molecule has 24 heavy (non-hydrogen) atoms. The maximum Gasteiger partial charge on any atom is 0.270 e. The van der Waals surface area contributed by atoms with E-state index in [4.69, 9.17) is 0 Å². The first-order chi connectivity index (χ1) is 11.5. The van der Waals surface area contributed by atoms with Gasteiger partial charge >= 0.3 is 0 Å². The van der Waals surface area contributed by atoms with Crippen molar-refractivity contribution in [2.45, 2.75) is 22.6 Å². The van der Waals surface area contributed by atoms with Gasteiger partial charge in [0.15, 0.2) is 0 Å². The van der Waals surface area contributed by atoms with Crippen LogP contribution in [0.5, 0.6) is 0 Å². The molecule has 0 spiro atoms. The third-order valence-electron chi connectivity index (χ3n) is 3.91. The Hall–Kier alpha value is -1.93. The number of nitrogens with one attached hydrogen (secondary N) is 2. The Bertz CT molecular complexity index is 840. The number of likely N-dealkylation sites (tertiary alicyclic amines) is 1. The van der Waals surface area contributed by atoms with Crippen LogP contribution in [0.1, 0.15) is 23.3 Å². The minimum atomic E-state index is -3.74. The molecule has 0 saturated carbocycles. The lowest BCUT2D eigenvalue weighted by atomic mass is 10.3. The molecule has 1 aromatic heterocycles. The number of amides is 1. The molecular weight excluding hydrogens is 346 g/mol. The molecule has 1 amide bonds. The summed E-state index contributed by atoms with van der Waals surface area (Å²) in [6.07, 6.45) is 5.26. The molecule has 0 radical (unpaired) electrons. The number of benzene rings is 1. The van der Waals surface area contributed by atoms with Crippen LogP contribution in [0.3, 0.4) is 0 Å². The first kappa shape index (κ1) is 16.9. The van der Waals surface area contributed by atoms with Crippen molar-refractivity contribution in [2.24, 2.45) is 0 Å². The van der Waals surface area contributed by atoms with E-state index in [1.807, 2.05) is 12.3 Å². The second kappa shape index (κ2) is 6.90. The number of thioether (sulfide) groups is 1. The van der Waals surface area contributed by atoms with E-state index in [1.54, 1.807) is 23.1 Å². The van der Waals surface area contributed by atoms with Crippen LogP contribution in [0.2, 0.25) is 0 Å². The van der Waals surface area contributed by atoms with Gasteiger partial charge in [-0.15, -0.1) is 11.8 Å². The van der Waals surface area contributed by atoms with Gasteiger partial charge in [0.05, 0.1) is 0 Å². The summed E-state index contributed by atoms with van der Waals surface area (Å²) in [5.74, 6) is -0.154. The maximum absolute atomic E-state index is 12.5. The molecule has 2 heterocycles. The highest BCUT2D eigenvalue weighted by Gasteiger charge is 2.23. The van der Waals surface area contributed by atoms with Crippen LogP contribution >= 0.6 is 11.8 Å². The van der Waals surface area contributed by atoms with Gasteiger partial charge in [-0.3, -0.25) is 9.52 Å². The van der Waals surface area contributed by atoms with Crippen LogP contribution in [0.4, 0.5) is 5.69 Å². The van der Waals surface area contributed by atoms with Crippen LogP contribution in [0, 0.1) is 0 Å². The van der Waals surface area contributed by atoms with Gasteiger partial charge in [0.2, 0.25) is 0 Å². The summed E-state index contributed by atoms with van der Waals surface area (Å²) in [6.45, 7) is 1.44. The Morgan fingerprint density at radius 1 is 1.25 bits per heavy atom. The molecule has 8 heteroatoms. The summed E-state index contributed by atoms with van der Waals surface area (Å²) < 4.78 is 27.5. The molecule has 1 aromatic carbocycles. The lowest BCUT2D eigenvalue weighted by molar-refractivity contribution is 0.0787. The largest absolute Gasteiger partial charge is 0.356 e. The number of nitrogens with zero attached hydrogens (tertiary/aromatic N) is 1. The molecule has 128 valence electrons. The number of H-pyrrole nitrogens is 1. The second-order valence-corrected chi connectivity index (χ2v) is 8.15. The van der Waals surface area contributed by atoms with E-state index < -0.39 is 10.0 Å². The third kappa shape index (κ3) is 3.59. The van der Waals surface area contributed by atoms with E-state index in [1.165, 1.54) is 24.0 Å². The zero-order valence-corrected chi connectivity index (χ0v) is 14.9. The van der Waals surface area contributed by atoms with Gasteiger partial charge in [0.1, 0.15) is 10.6 Å². The molecule has 1 fully saturated rings. The van der Waals surface area contributed by atoms with E-state index in [-0.39, 0.29) is 10.8 Å². The molecule has 2 N–H and O–H groups in total. The molecule has 0 unspecified atom stereocenters. The normalized spacial score (nSPS) is 14.8. The average molecular weight is 365 g/mol. The van der Waals surface area contributed by atoms with E-state index >= 15 is 0 Å². The minimum absolute atomic E-state index is 0.0552. The number of hydrogen-bond donors (Lipinski definition) is 2. The zero-order valence-electron chi connectivity index (χ0n) is 13.3. The fourth-order valence-corrected chi connectivity index (χ4v) is 4.15. The monoisotopic (exact) mass is 365 g/mol. The second-order valence-electron chi connectivity index (χ2n) is 5.59. The molecule has 1 aliphatic rings. The van der Waals surface area contributed by atoms with E-state index in [9.17, 15) is 13.2 Å². The molecule has 0 bridgehead atoms. The Labute approximate surface area is 145 Å². The van der Waals surface area contributed by atoms with Crippen LogP contribution in [-0.2, 0) is 10.0 Å². The molecule has 1 saturated heterocycles. The van der Waals surface area contributed by atoms with Gasteiger partial charge in [-0.05, 0) is 43.4 Å². The van der Waals surface area contributed by atoms with E-state index in [0.29, 0.717) is 11.4 Å². The van der Waals surface area contributed by atoms with Crippen molar-refractivity contribution in [3.63, 3.8) is 0 Å². The lowest BCUT2D eigenvalue weighted by Gasteiger charge is -2.13. The number of aromatic amines is 1. The average Bonchev–Trinajstić information content (AvgIpc) is 3.26. The summed E-state index contributed by atoms with van der Waals surface area (Å²) in [5.41, 5.74) is 0.797. The van der Waals surface area contributed by atoms with Gasteiger partial charge in [0.25, 0.3) is 15.9 Å². The summed E-state index contributed by atoms with van der Waals surface area (Å²) in [5, 5.41) is 0. The number of rotatable bonds is 5. The highest BCUT2D eigenvalue weighted by atomic mass is 32.2. The molecule has 1 aliphatic heterocycles. The number of aromatic nitrogens is 1. The fourth-order valence-electron chi connectivity index (χ4n) is 2.64. The molecular formula is C16H19N3O3S2.